The Labute approximate surface area is 156 Å². The molecule has 7 heteroatoms. The number of carbonyl (C=O) groups is 2. The van der Waals surface area contributed by atoms with Crippen LogP contribution in [0.1, 0.15) is 23.6 Å². The van der Waals surface area contributed by atoms with Crippen LogP contribution in [-0.2, 0) is 16.0 Å². The molecule has 0 aromatic heterocycles. The summed E-state index contributed by atoms with van der Waals surface area (Å²) in [6.45, 7) is 0. The second kappa shape index (κ2) is 9.10. The van der Waals surface area contributed by atoms with Crippen molar-refractivity contribution in [1.82, 2.24) is 5.32 Å². The van der Waals surface area contributed by atoms with Crippen LogP contribution in [0.4, 0.5) is 0 Å². The van der Waals surface area contributed by atoms with Gasteiger partial charge >= 0.3 is 5.97 Å². The molecular formula is C19H20ClNO5. The lowest BCUT2D eigenvalue weighted by atomic mass is 10.0. The zero-order chi connectivity index (χ0) is 19.1. The molecule has 0 fully saturated rings. The zero-order valence-electron chi connectivity index (χ0n) is 14.5. The Kier molecular flexibility index (Phi) is 6.86. The van der Waals surface area contributed by atoms with Gasteiger partial charge in [0.1, 0.15) is 11.5 Å². The Morgan fingerprint density at radius 1 is 1.08 bits per heavy atom. The van der Waals surface area contributed by atoms with Crippen molar-refractivity contribution < 1.29 is 24.2 Å². The molecule has 26 heavy (non-hydrogen) atoms. The van der Waals surface area contributed by atoms with Crippen LogP contribution in [0.15, 0.2) is 42.5 Å². The van der Waals surface area contributed by atoms with E-state index in [1.807, 2.05) is 0 Å². The van der Waals surface area contributed by atoms with E-state index in [1.54, 1.807) is 42.5 Å². The molecule has 0 unspecified atom stereocenters. The number of benzene rings is 2. The smallest absolute Gasteiger partial charge is 0.305 e. The Balaban J connectivity index is 2.20. The van der Waals surface area contributed by atoms with E-state index in [-0.39, 0.29) is 18.7 Å². The summed E-state index contributed by atoms with van der Waals surface area (Å²) >= 11 is 5.87. The molecule has 0 aliphatic carbocycles. The molecular weight excluding hydrogens is 358 g/mol. The van der Waals surface area contributed by atoms with Crippen molar-refractivity contribution in [3.8, 4) is 11.5 Å². The van der Waals surface area contributed by atoms with Crippen molar-refractivity contribution in [2.45, 2.75) is 18.9 Å². The van der Waals surface area contributed by atoms with E-state index in [4.69, 9.17) is 26.2 Å². The fourth-order valence-electron chi connectivity index (χ4n) is 2.63. The van der Waals surface area contributed by atoms with Crippen LogP contribution in [0.2, 0.25) is 5.02 Å². The van der Waals surface area contributed by atoms with Crippen LogP contribution < -0.4 is 14.8 Å². The molecule has 0 radical (unpaired) electrons. The largest absolute Gasteiger partial charge is 0.496 e. The summed E-state index contributed by atoms with van der Waals surface area (Å²) in [7, 11) is 3.02. The van der Waals surface area contributed by atoms with Gasteiger partial charge in [-0.25, -0.2) is 0 Å². The highest BCUT2D eigenvalue weighted by Gasteiger charge is 2.20. The first-order chi connectivity index (χ1) is 12.4. The predicted octanol–water partition coefficient (Wildman–Crippen LogP) is 3.23. The summed E-state index contributed by atoms with van der Waals surface area (Å²) in [5.41, 5.74) is 1.26. The van der Waals surface area contributed by atoms with E-state index in [9.17, 15) is 9.59 Å². The Hall–Kier alpha value is -2.73. The molecule has 1 atom stereocenters. The van der Waals surface area contributed by atoms with E-state index >= 15 is 0 Å². The highest BCUT2D eigenvalue weighted by Crippen LogP contribution is 2.29. The monoisotopic (exact) mass is 377 g/mol. The third kappa shape index (κ3) is 5.13. The zero-order valence-corrected chi connectivity index (χ0v) is 15.2. The number of halogens is 1. The lowest BCUT2D eigenvalue weighted by Crippen LogP contribution is -2.31. The normalized spacial score (nSPS) is 11.5. The van der Waals surface area contributed by atoms with Gasteiger partial charge in [-0.05, 0) is 29.8 Å². The molecule has 0 saturated heterocycles. The number of nitrogens with one attached hydrogen (secondary N) is 1. The van der Waals surface area contributed by atoms with E-state index in [1.165, 1.54) is 14.2 Å². The minimum Gasteiger partial charge on any atom is -0.496 e. The average Bonchev–Trinajstić information content (AvgIpc) is 2.61. The molecule has 0 bridgehead atoms. The van der Waals surface area contributed by atoms with Gasteiger partial charge in [0, 0.05) is 10.6 Å². The second-order valence-electron chi connectivity index (χ2n) is 5.59. The van der Waals surface area contributed by atoms with Gasteiger partial charge in [0.25, 0.3) is 0 Å². The van der Waals surface area contributed by atoms with Crippen LogP contribution >= 0.6 is 11.6 Å². The Bertz CT molecular complexity index is 754. The minimum atomic E-state index is -1.01. The fourth-order valence-corrected chi connectivity index (χ4v) is 2.76. The van der Waals surface area contributed by atoms with Gasteiger partial charge < -0.3 is 19.9 Å². The van der Waals surface area contributed by atoms with Gasteiger partial charge in [0.05, 0.1) is 33.1 Å². The van der Waals surface area contributed by atoms with Crippen LogP contribution in [0.25, 0.3) is 0 Å². The molecule has 0 spiro atoms. The summed E-state index contributed by atoms with van der Waals surface area (Å²) < 4.78 is 10.6. The van der Waals surface area contributed by atoms with Crippen molar-refractivity contribution in [3.63, 3.8) is 0 Å². The van der Waals surface area contributed by atoms with E-state index in [2.05, 4.69) is 5.32 Å². The maximum atomic E-state index is 12.5. The van der Waals surface area contributed by atoms with Crippen molar-refractivity contribution in [3.05, 3.63) is 58.6 Å². The average molecular weight is 378 g/mol. The number of aliphatic carboxylic acids is 1. The van der Waals surface area contributed by atoms with Crippen molar-refractivity contribution in [2.24, 2.45) is 0 Å². The molecule has 138 valence electrons. The van der Waals surface area contributed by atoms with Gasteiger partial charge in [-0.2, -0.15) is 0 Å². The molecule has 2 rings (SSSR count). The number of amides is 1. The van der Waals surface area contributed by atoms with Crippen LogP contribution in [0.3, 0.4) is 0 Å². The quantitative estimate of drug-likeness (QED) is 0.737. The third-order valence-electron chi connectivity index (χ3n) is 3.85. The maximum Gasteiger partial charge on any atom is 0.305 e. The van der Waals surface area contributed by atoms with E-state index in [0.29, 0.717) is 27.6 Å². The van der Waals surface area contributed by atoms with Gasteiger partial charge in [-0.1, -0.05) is 29.8 Å². The topological polar surface area (TPSA) is 84.9 Å². The molecule has 0 saturated carbocycles. The summed E-state index contributed by atoms with van der Waals surface area (Å²) in [6, 6.07) is 11.3. The molecule has 2 N–H and O–H groups in total. The number of ether oxygens (including phenoxy) is 2. The van der Waals surface area contributed by atoms with Crippen LogP contribution in [0.5, 0.6) is 11.5 Å². The van der Waals surface area contributed by atoms with Crippen molar-refractivity contribution in [2.75, 3.05) is 14.2 Å². The standard InChI is InChI=1S/C19H20ClNO5/c1-25-16-4-3-5-17(26-2)14(16)10-18(22)21-15(11-19(23)24)12-6-8-13(20)9-7-12/h3-9,15H,10-11H2,1-2H3,(H,21,22)(H,23,24)/t15-/m0/s1. The fraction of sp³-hybridized carbons (Fsp3) is 0.263. The highest BCUT2D eigenvalue weighted by molar-refractivity contribution is 6.30. The molecule has 1 amide bonds. The molecule has 0 aliphatic rings. The molecule has 0 aliphatic heterocycles. The molecule has 2 aromatic carbocycles. The summed E-state index contributed by atoms with van der Waals surface area (Å²) in [4.78, 5) is 23.7. The Morgan fingerprint density at radius 2 is 1.65 bits per heavy atom. The van der Waals surface area contributed by atoms with E-state index in [0.717, 1.165) is 0 Å². The highest BCUT2D eigenvalue weighted by atomic mass is 35.5. The summed E-state index contributed by atoms with van der Waals surface area (Å²) in [6.07, 6.45) is -0.243. The first kappa shape index (κ1) is 19.6. The second-order valence-corrected chi connectivity index (χ2v) is 6.02. The first-order valence-corrected chi connectivity index (χ1v) is 8.29. The van der Waals surface area contributed by atoms with Crippen molar-refractivity contribution in [1.29, 1.82) is 0 Å². The lowest BCUT2D eigenvalue weighted by Gasteiger charge is -2.19. The number of methoxy groups -OCH3 is 2. The lowest BCUT2D eigenvalue weighted by molar-refractivity contribution is -0.137. The van der Waals surface area contributed by atoms with Crippen LogP contribution in [0, 0.1) is 0 Å². The number of carbonyl (C=O) groups excluding carboxylic acids is 1. The summed E-state index contributed by atoms with van der Waals surface area (Å²) in [5.74, 6) is -0.296. The number of rotatable bonds is 8. The Morgan fingerprint density at radius 3 is 2.15 bits per heavy atom. The first-order valence-electron chi connectivity index (χ1n) is 7.91. The number of hydrogen-bond acceptors (Lipinski definition) is 4. The van der Waals surface area contributed by atoms with Gasteiger partial charge in [0.15, 0.2) is 0 Å². The molecule has 2 aromatic rings. The van der Waals surface area contributed by atoms with Gasteiger partial charge in [-0.3, -0.25) is 9.59 Å². The number of carboxylic acids is 1. The molecule has 0 heterocycles. The van der Waals surface area contributed by atoms with Crippen LogP contribution in [-0.4, -0.2) is 31.2 Å². The summed E-state index contributed by atoms with van der Waals surface area (Å²) in [5, 5.41) is 12.4. The SMILES string of the molecule is COc1cccc(OC)c1CC(=O)N[C@@H](CC(=O)O)c1ccc(Cl)cc1. The maximum absolute atomic E-state index is 12.5. The van der Waals surface area contributed by atoms with Gasteiger partial charge in [-0.15, -0.1) is 0 Å². The number of carboxylic acid groups (broad SMARTS) is 1. The van der Waals surface area contributed by atoms with E-state index < -0.39 is 12.0 Å². The van der Waals surface area contributed by atoms with Crippen molar-refractivity contribution >= 4 is 23.5 Å². The third-order valence-corrected chi connectivity index (χ3v) is 4.11. The minimum absolute atomic E-state index is 0.00308. The van der Waals surface area contributed by atoms with Gasteiger partial charge in [0.2, 0.25) is 5.91 Å². The molecule has 6 nitrogen and oxygen atoms in total. The predicted molar refractivity (Wildman–Crippen MR) is 97.8 cm³/mol. The number of hydrogen-bond donors (Lipinski definition) is 2.